The standard InChI is InChI=1S/C16H25N3O2/c1-19(11-14(20)12-7-8-12)15-9-17-10-16(18-15)21-13-5-3-2-4-6-13/h9-10,12-14,20H,2-8,11H2,1H3. The van der Waals surface area contributed by atoms with E-state index in [2.05, 4.69) is 9.97 Å². The molecule has 0 bridgehead atoms. The summed E-state index contributed by atoms with van der Waals surface area (Å²) < 4.78 is 5.95. The number of aliphatic hydroxyl groups excluding tert-OH is 1. The molecule has 0 amide bonds. The minimum absolute atomic E-state index is 0.264. The molecule has 2 aliphatic carbocycles. The molecule has 2 aliphatic rings. The summed E-state index contributed by atoms with van der Waals surface area (Å²) in [7, 11) is 1.94. The van der Waals surface area contributed by atoms with E-state index in [1.54, 1.807) is 12.4 Å². The van der Waals surface area contributed by atoms with E-state index in [0.29, 0.717) is 18.3 Å². The average Bonchev–Trinajstić information content (AvgIpc) is 3.33. The SMILES string of the molecule is CN(CC(O)C1CC1)c1cncc(OC2CCCCC2)n1. The summed E-state index contributed by atoms with van der Waals surface area (Å²) in [6.07, 6.45) is 11.7. The van der Waals surface area contributed by atoms with Crippen LogP contribution < -0.4 is 9.64 Å². The van der Waals surface area contributed by atoms with E-state index in [9.17, 15) is 5.11 Å². The Hall–Kier alpha value is -1.36. The second-order valence-electron chi connectivity index (χ2n) is 6.38. The van der Waals surface area contributed by atoms with Crippen LogP contribution >= 0.6 is 0 Å². The van der Waals surface area contributed by atoms with E-state index in [0.717, 1.165) is 31.5 Å². The average molecular weight is 291 g/mol. The zero-order valence-corrected chi connectivity index (χ0v) is 12.7. The van der Waals surface area contributed by atoms with Gasteiger partial charge < -0.3 is 14.7 Å². The summed E-state index contributed by atoms with van der Waals surface area (Å²) in [5.74, 6) is 1.84. The Morgan fingerprint density at radius 2 is 2.00 bits per heavy atom. The molecule has 1 aromatic heterocycles. The van der Waals surface area contributed by atoms with Gasteiger partial charge in [-0.3, -0.25) is 4.98 Å². The molecule has 3 rings (SSSR count). The highest BCUT2D eigenvalue weighted by Crippen LogP contribution is 2.33. The molecule has 1 aromatic rings. The van der Waals surface area contributed by atoms with E-state index in [4.69, 9.17) is 4.74 Å². The minimum Gasteiger partial charge on any atom is -0.473 e. The summed E-state index contributed by atoms with van der Waals surface area (Å²) in [5, 5.41) is 10.0. The highest BCUT2D eigenvalue weighted by atomic mass is 16.5. The fraction of sp³-hybridized carbons (Fsp3) is 0.750. The molecule has 0 aliphatic heterocycles. The van der Waals surface area contributed by atoms with Crippen LogP contribution in [0.2, 0.25) is 0 Å². The lowest BCUT2D eigenvalue weighted by Gasteiger charge is -2.24. The molecule has 1 atom stereocenters. The van der Waals surface area contributed by atoms with Gasteiger partial charge in [-0.15, -0.1) is 0 Å². The number of likely N-dealkylation sites (N-methyl/N-ethyl adjacent to an activating group) is 1. The van der Waals surface area contributed by atoms with Crippen LogP contribution in [0.5, 0.6) is 5.88 Å². The number of aromatic nitrogens is 2. The van der Waals surface area contributed by atoms with Crippen LogP contribution in [0.1, 0.15) is 44.9 Å². The van der Waals surface area contributed by atoms with Crippen molar-refractivity contribution in [3.8, 4) is 5.88 Å². The number of aliphatic hydroxyl groups is 1. The van der Waals surface area contributed by atoms with Crippen LogP contribution in [0.15, 0.2) is 12.4 Å². The van der Waals surface area contributed by atoms with Crippen LogP contribution in [-0.2, 0) is 0 Å². The van der Waals surface area contributed by atoms with Crippen LogP contribution in [0, 0.1) is 5.92 Å². The van der Waals surface area contributed by atoms with Gasteiger partial charge in [-0.05, 0) is 44.4 Å². The van der Waals surface area contributed by atoms with Gasteiger partial charge in [-0.25, -0.2) is 0 Å². The normalized spacial score (nSPS) is 21.0. The Bertz CT molecular complexity index is 459. The molecule has 1 heterocycles. The van der Waals surface area contributed by atoms with Crippen molar-refractivity contribution in [1.82, 2.24) is 9.97 Å². The minimum atomic E-state index is -0.264. The molecule has 2 fully saturated rings. The number of nitrogens with zero attached hydrogens (tertiary/aromatic N) is 3. The number of rotatable bonds is 6. The second-order valence-corrected chi connectivity index (χ2v) is 6.38. The first-order chi connectivity index (χ1) is 10.2. The lowest BCUT2D eigenvalue weighted by Crippen LogP contribution is -2.31. The maximum atomic E-state index is 10.0. The van der Waals surface area contributed by atoms with Crippen molar-refractivity contribution >= 4 is 5.82 Å². The van der Waals surface area contributed by atoms with Gasteiger partial charge in [0.1, 0.15) is 6.10 Å². The van der Waals surface area contributed by atoms with Gasteiger partial charge in [0.15, 0.2) is 5.82 Å². The lowest BCUT2D eigenvalue weighted by atomic mass is 9.98. The third kappa shape index (κ3) is 4.06. The maximum Gasteiger partial charge on any atom is 0.234 e. The highest BCUT2D eigenvalue weighted by Gasteiger charge is 2.30. The Morgan fingerprint density at radius 1 is 1.24 bits per heavy atom. The van der Waals surface area contributed by atoms with Gasteiger partial charge in [-0.2, -0.15) is 4.98 Å². The van der Waals surface area contributed by atoms with Crippen LogP contribution in [0.4, 0.5) is 5.82 Å². The molecule has 0 saturated heterocycles. The zero-order valence-electron chi connectivity index (χ0n) is 12.7. The van der Waals surface area contributed by atoms with E-state index in [-0.39, 0.29) is 12.2 Å². The van der Waals surface area contributed by atoms with E-state index in [1.165, 1.54) is 19.3 Å². The Labute approximate surface area is 126 Å². The topological polar surface area (TPSA) is 58.5 Å². The van der Waals surface area contributed by atoms with Crippen molar-refractivity contribution in [2.24, 2.45) is 5.92 Å². The third-order valence-corrected chi connectivity index (χ3v) is 4.46. The summed E-state index contributed by atoms with van der Waals surface area (Å²) >= 11 is 0. The van der Waals surface area contributed by atoms with Crippen LogP contribution in [0.3, 0.4) is 0 Å². The molecule has 1 N–H and O–H groups in total. The van der Waals surface area contributed by atoms with E-state index >= 15 is 0 Å². The monoisotopic (exact) mass is 291 g/mol. The van der Waals surface area contributed by atoms with Gasteiger partial charge in [0.2, 0.25) is 5.88 Å². The molecule has 2 saturated carbocycles. The maximum absolute atomic E-state index is 10.0. The van der Waals surface area contributed by atoms with Crippen molar-refractivity contribution in [2.45, 2.75) is 57.2 Å². The molecule has 5 heteroatoms. The van der Waals surface area contributed by atoms with Crippen LogP contribution in [-0.4, -0.2) is 40.9 Å². The predicted octanol–water partition coefficient (Wildman–Crippen LogP) is 2.40. The van der Waals surface area contributed by atoms with Crippen molar-refractivity contribution in [3.05, 3.63) is 12.4 Å². The zero-order chi connectivity index (χ0) is 14.7. The van der Waals surface area contributed by atoms with Gasteiger partial charge in [0.25, 0.3) is 0 Å². The van der Waals surface area contributed by atoms with Crippen molar-refractivity contribution in [2.75, 3.05) is 18.5 Å². The van der Waals surface area contributed by atoms with Crippen molar-refractivity contribution in [3.63, 3.8) is 0 Å². The quantitative estimate of drug-likeness (QED) is 0.872. The summed E-state index contributed by atoms with van der Waals surface area (Å²) in [4.78, 5) is 10.7. The molecule has 0 spiro atoms. The molecule has 1 unspecified atom stereocenters. The van der Waals surface area contributed by atoms with Gasteiger partial charge in [0.05, 0.1) is 18.5 Å². The summed E-state index contributed by atoms with van der Waals surface area (Å²) in [6, 6.07) is 0. The van der Waals surface area contributed by atoms with Crippen molar-refractivity contribution in [1.29, 1.82) is 0 Å². The fourth-order valence-corrected chi connectivity index (χ4v) is 2.94. The molecular formula is C16H25N3O2. The first kappa shape index (κ1) is 14.6. The second kappa shape index (κ2) is 6.60. The molecule has 116 valence electrons. The summed E-state index contributed by atoms with van der Waals surface area (Å²) in [6.45, 7) is 0.603. The predicted molar refractivity (Wildman–Crippen MR) is 81.5 cm³/mol. The Balaban J connectivity index is 1.58. The Morgan fingerprint density at radius 3 is 2.71 bits per heavy atom. The fourth-order valence-electron chi connectivity index (χ4n) is 2.94. The molecule has 0 aromatic carbocycles. The number of anilines is 1. The number of ether oxygens (including phenoxy) is 1. The summed E-state index contributed by atoms with van der Waals surface area (Å²) in [5.41, 5.74) is 0. The molecule has 0 radical (unpaired) electrons. The highest BCUT2D eigenvalue weighted by molar-refractivity contribution is 5.36. The number of hydrogen-bond donors (Lipinski definition) is 1. The first-order valence-electron chi connectivity index (χ1n) is 8.10. The number of hydrogen-bond acceptors (Lipinski definition) is 5. The molecular weight excluding hydrogens is 266 g/mol. The molecule has 5 nitrogen and oxygen atoms in total. The third-order valence-electron chi connectivity index (χ3n) is 4.46. The first-order valence-corrected chi connectivity index (χ1v) is 8.10. The smallest absolute Gasteiger partial charge is 0.234 e. The van der Waals surface area contributed by atoms with E-state index < -0.39 is 0 Å². The largest absolute Gasteiger partial charge is 0.473 e. The van der Waals surface area contributed by atoms with Gasteiger partial charge in [0, 0.05) is 13.6 Å². The van der Waals surface area contributed by atoms with E-state index in [1.807, 2.05) is 11.9 Å². The lowest BCUT2D eigenvalue weighted by molar-refractivity contribution is 0.147. The molecule has 21 heavy (non-hydrogen) atoms. The van der Waals surface area contributed by atoms with Crippen molar-refractivity contribution < 1.29 is 9.84 Å². The van der Waals surface area contributed by atoms with Gasteiger partial charge >= 0.3 is 0 Å². The van der Waals surface area contributed by atoms with Crippen LogP contribution in [0.25, 0.3) is 0 Å². The van der Waals surface area contributed by atoms with Gasteiger partial charge in [-0.1, -0.05) is 6.42 Å². The Kier molecular flexibility index (Phi) is 4.58.